The summed E-state index contributed by atoms with van der Waals surface area (Å²) >= 11 is 0. The zero-order valence-electron chi connectivity index (χ0n) is 18.0. The Bertz CT molecular complexity index is 1520. The Morgan fingerprint density at radius 2 is 1.88 bits per heavy atom. The van der Waals surface area contributed by atoms with E-state index in [9.17, 15) is 4.79 Å². The molecule has 4 aromatic heterocycles. The minimum atomic E-state index is 0.0101. The van der Waals surface area contributed by atoms with E-state index < -0.39 is 0 Å². The van der Waals surface area contributed by atoms with Gasteiger partial charge in [0.05, 0.1) is 40.7 Å². The van der Waals surface area contributed by atoms with E-state index in [1.165, 1.54) is 0 Å². The second kappa shape index (κ2) is 7.13. The summed E-state index contributed by atoms with van der Waals surface area (Å²) in [7, 11) is 3.72. The van der Waals surface area contributed by atoms with Crippen molar-refractivity contribution in [2.75, 3.05) is 13.1 Å². The largest absolute Gasteiger partial charge is 0.329 e. The van der Waals surface area contributed by atoms with Crippen LogP contribution in [-0.4, -0.2) is 42.0 Å². The highest BCUT2D eigenvalue weighted by atomic mass is 16.1. The predicted octanol–water partition coefficient (Wildman–Crippen LogP) is 2.89. The number of pyridine rings is 2. The van der Waals surface area contributed by atoms with E-state index in [2.05, 4.69) is 38.6 Å². The monoisotopic (exact) mass is 425 g/mol. The van der Waals surface area contributed by atoms with Crippen molar-refractivity contribution in [3.8, 4) is 22.4 Å². The number of hydrogen-bond donors (Lipinski definition) is 1. The number of imidazole rings is 1. The van der Waals surface area contributed by atoms with E-state index in [1.54, 1.807) is 9.25 Å². The first-order chi connectivity index (χ1) is 15.6. The standard InChI is InChI=1S/C24H23N7O/c1-29-14-17(11-28-29)20-5-4-16(10-26-20)15-3-6-21-19(9-15)23-22(13-27-21)30(2)24(32)31(23)18-7-8-25-12-18/h3-6,9-11,13-14,18,25H,7-8,12H2,1-2H3/t18-/m1/s1. The maximum atomic E-state index is 13.1. The summed E-state index contributed by atoms with van der Waals surface area (Å²) in [6.45, 7) is 1.74. The fourth-order valence-corrected chi connectivity index (χ4v) is 4.69. The SMILES string of the molecule is Cn1cc(-c2ccc(-c3ccc4ncc5c(c4c3)n([C@@H]3CCNC3)c(=O)n5C)cn2)cn1. The molecule has 1 aliphatic heterocycles. The number of hydrogen-bond acceptors (Lipinski definition) is 5. The molecular formula is C24H23N7O. The average Bonchev–Trinajstić information content (AvgIpc) is 3.55. The molecule has 1 fully saturated rings. The second-order valence-electron chi connectivity index (χ2n) is 8.42. The van der Waals surface area contributed by atoms with E-state index in [-0.39, 0.29) is 11.7 Å². The highest BCUT2D eigenvalue weighted by Crippen LogP contribution is 2.31. The number of benzene rings is 1. The lowest BCUT2D eigenvalue weighted by molar-refractivity contribution is 0.536. The molecule has 160 valence electrons. The van der Waals surface area contributed by atoms with Crippen LogP contribution in [0.5, 0.6) is 0 Å². The van der Waals surface area contributed by atoms with Gasteiger partial charge in [-0.25, -0.2) is 4.79 Å². The molecule has 0 radical (unpaired) electrons. The molecule has 0 unspecified atom stereocenters. The first-order valence-electron chi connectivity index (χ1n) is 10.8. The molecule has 8 nitrogen and oxygen atoms in total. The summed E-state index contributed by atoms with van der Waals surface area (Å²) < 4.78 is 5.43. The van der Waals surface area contributed by atoms with E-state index >= 15 is 0 Å². The normalized spacial score (nSPS) is 16.4. The number of rotatable bonds is 3. The van der Waals surface area contributed by atoms with Gasteiger partial charge in [-0.3, -0.25) is 23.8 Å². The zero-order chi connectivity index (χ0) is 21.8. The summed E-state index contributed by atoms with van der Waals surface area (Å²) in [5.41, 5.74) is 6.64. The molecule has 1 aliphatic rings. The van der Waals surface area contributed by atoms with Gasteiger partial charge < -0.3 is 5.32 Å². The maximum Gasteiger partial charge on any atom is 0.329 e. The van der Waals surface area contributed by atoms with Crippen LogP contribution >= 0.6 is 0 Å². The molecule has 0 spiro atoms. The smallest absolute Gasteiger partial charge is 0.315 e. The molecule has 0 bridgehead atoms. The third kappa shape index (κ3) is 2.87. The zero-order valence-corrected chi connectivity index (χ0v) is 18.0. The van der Waals surface area contributed by atoms with Gasteiger partial charge in [0.25, 0.3) is 0 Å². The third-order valence-corrected chi connectivity index (χ3v) is 6.41. The minimum absolute atomic E-state index is 0.0101. The summed E-state index contributed by atoms with van der Waals surface area (Å²) in [4.78, 5) is 22.4. The second-order valence-corrected chi connectivity index (χ2v) is 8.42. The molecular weight excluding hydrogens is 402 g/mol. The van der Waals surface area contributed by atoms with E-state index in [0.29, 0.717) is 0 Å². The lowest BCUT2D eigenvalue weighted by atomic mass is 10.0. The van der Waals surface area contributed by atoms with Crippen molar-refractivity contribution in [2.45, 2.75) is 12.5 Å². The van der Waals surface area contributed by atoms with Crippen molar-refractivity contribution in [1.29, 1.82) is 0 Å². The molecule has 6 rings (SSSR count). The van der Waals surface area contributed by atoms with E-state index in [4.69, 9.17) is 0 Å². The Balaban J connectivity index is 1.51. The third-order valence-electron chi connectivity index (χ3n) is 6.41. The Kier molecular flexibility index (Phi) is 4.22. The molecule has 1 N–H and O–H groups in total. The molecule has 0 saturated carbocycles. The Morgan fingerprint density at radius 3 is 2.59 bits per heavy atom. The molecule has 5 aromatic rings. The number of fused-ring (bicyclic) bond motifs is 3. The average molecular weight is 425 g/mol. The minimum Gasteiger partial charge on any atom is -0.315 e. The Hall–Kier alpha value is -3.78. The van der Waals surface area contributed by atoms with Gasteiger partial charge in [-0.05, 0) is 36.7 Å². The van der Waals surface area contributed by atoms with Crippen LogP contribution in [0.1, 0.15) is 12.5 Å². The van der Waals surface area contributed by atoms with E-state index in [1.807, 2.05) is 55.6 Å². The molecule has 0 aliphatic carbocycles. The maximum absolute atomic E-state index is 13.1. The quantitative estimate of drug-likeness (QED) is 0.481. The van der Waals surface area contributed by atoms with E-state index in [0.717, 1.165) is 63.8 Å². The van der Waals surface area contributed by atoms with Gasteiger partial charge in [0.1, 0.15) is 0 Å². The summed E-state index contributed by atoms with van der Waals surface area (Å²) in [5, 5.41) is 8.59. The number of nitrogens with one attached hydrogen (secondary N) is 1. The van der Waals surface area contributed by atoms with Crippen LogP contribution in [0.2, 0.25) is 0 Å². The fourth-order valence-electron chi connectivity index (χ4n) is 4.69. The number of aromatic nitrogens is 6. The highest BCUT2D eigenvalue weighted by Gasteiger charge is 2.24. The fraction of sp³-hybridized carbons (Fsp3) is 0.250. The van der Waals surface area contributed by atoms with Crippen molar-refractivity contribution in [3.05, 3.63) is 65.6 Å². The number of nitrogens with zero attached hydrogens (tertiary/aromatic N) is 6. The van der Waals surface area contributed by atoms with Crippen LogP contribution in [0.3, 0.4) is 0 Å². The molecule has 32 heavy (non-hydrogen) atoms. The van der Waals surface area contributed by atoms with Crippen molar-refractivity contribution in [1.82, 2.24) is 34.2 Å². The van der Waals surface area contributed by atoms with Crippen LogP contribution in [0.4, 0.5) is 0 Å². The topological polar surface area (TPSA) is 82.6 Å². The molecule has 0 amide bonds. The lowest BCUT2D eigenvalue weighted by Gasteiger charge is -2.12. The molecule has 1 atom stereocenters. The predicted molar refractivity (Wildman–Crippen MR) is 124 cm³/mol. The summed E-state index contributed by atoms with van der Waals surface area (Å²) in [6, 6.07) is 10.4. The highest BCUT2D eigenvalue weighted by molar-refractivity contribution is 6.04. The first-order valence-corrected chi connectivity index (χ1v) is 10.8. The van der Waals surface area contributed by atoms with Gasteiger partial charge >= 0.3 is 5.69 Å². The van der Waals surface area contributed by atoms with Crippen molar-refractivity contribution in [3.63, 3.8) is 0 Å². The lowest BCUT2D eigenvalue weighted by Crippen LogP contribution is -2.27. The van der Waals surface area contributed by atoms with Crippen LogP contribution in [0.25, 0.3) is 44.3 Å². The summed E-state index contributed by atoms with van der Waals surface area (Å²) in [6.07, 6.45) is 8.40. The Morgan fingerprint density at radius 1 is 1.00 bits per heavy atom. The van der Waals surface area contributed by atoms with Crippen molar-refractivity contribution >= 4 is 21.9 Å². The van der Waals surface area contributed by atoms with Crippen LogP contribution in [-0.2, 0) is 14.1 Å². The van der Waals surface area contributed by atoms with Crippen LogP contribution < -0.4 is 11.0 Å². The molecule has 8 heteroatoms. The first kappa shape index (κ1) is 18.9. The van der Waals surface area contributed by atoms with Crippen molar-refractivity contribution in [2.24, 2.45) is 14.1 Å². The molecule has 5 heterocycles. The Labute approximate surface area is 184 Å². The summed E-state index contributed by atoms with van der Waals surface area (Å²) in [5.74, 6) is 0. The number of aryl methyl sites for hydroxylation is 2. The molecule has 1 saturated heterocycles. The van der Waals surface area contributed by atoms with Gasteiger partial charge in [0.2, 0.25) is 0 Å². The van der Waals surface area contributed by atoms with Crippen LogP contribution in [0, 0.1) is 0 Å². The van der Waals surface area contributed by atoms with Gasteiger partial charge in [-0.15, -0.1) is 0 Å². The van der Waals surface area contributed by atoms with Crippen molar-refractivity contribution < 1.29 is 0 Å². The molecule has 1 aromatic carbocycles. The van der Waals surface area contributed by atoms with Gasteiger partial charge in [0, 0.05) is 49.5 Å². The van der Waals surface area contributed by atoms with Gasteiger partial charge in [0.15, 0.2) is 0 Å². The van der Waals surface area contributed by atoms with Crippen LogP contribution in [0.15, 0.2) is 59.9 Å². The van der Waals surface area contributed by atoms with Gasteiger partial charge in [-0.1, -0.05) is 12.1 Å². The van der Waals surface area contributed by atoms with Gasteiger partial charge in [-0.2, -0.15) is 5.10 Å².